The van der Waals surface area contributed by atoms with Crippen molar-refractivity contribution in [3.8, 4) is 11.5 Å². The lowest BCUT2D eigenvalue weighted by molar-refractivity contribution is 0.0385. The van der Waals surface area contributed by atoms with Gasteiger partial charge in [0.25, 0.3) is 0 Å². The second-order valence-electron chi connectivity index (χ2n) is 5.61. The van der Waals surface area contributed by atoms with Gasteiger partial charge in [-0.1, -0.05) is 36.4 Å². The summed E-state index contributed by atoms with van der Waals surface area (Å²) >= 11 is 0. The molecule has 0 radical (unpaired) electrons. The number of ether oxygens (including phenoxy) is 2. The molecule has 2 aromatic rings. The summed E-state index contributed by atoms with van der Waals surface area (Å²) in [5.41, 5.74) is 2.48. The molecular weight excluding hydrogens is 250 g/mol. The molecular formula is C17H17NO2. The third-order valence-electron chi connectivity index (χ3n) is 4.02. The minimum Gasteiger partial charge on any atom is -0.489 e. The molecule has 1 fully saturated rings. The lowest BCUT2D eigenvalue weighted by Gasteiger charge is -2.38. The van der Waals surface area contributed by atoms with Gasteiger partial charge in [-0.3, -0.25) is 0 Å². The smallest absolute Gasteiger partial charge is 0.138 e. The molecule has 3 nitrogen and oxygen atoms in total. The van der Waals surface area contributed by atoms with Crippen LogP contribution < -0.4 is 14.8 Å². The topological polar surface area (TPSA) is 30.5 Å². The largest absolute Gasteiger partial charge is 0.489 e. The van der Waals surface area contributed by atoms with E-state index in [1.807, 2.05) is 30.3 Å². The van der Waals surface area contributed by atoms with Crippen molar-refractivity contribution in [2.45, 2.75) is 18.6 Å². The van der Waals surface area contributed by atoms with Crippen molar-refractivity contribution in [2.24, 2.45) is 0 Å². The fraction of sp³-hybridized carbons (Fsp3) is 0.294. The molecule has 20 heavy (non-hydrogen) atoms. The molecule has 102 valence electrons. The highest BCUT2D eigenvalue weighted by atomic mass is 16.5. The Labute approximate surface area is 118 Å². The molecule has 1 spiro atoms. The number of hydrogen-bond acceptors (Lipinski definition) is 3. The number of rotatable bonds is 3. The summed E-state index contributed by atoms with van der Waals surface area (Å²) in [6.45, 7) is 2.48. The summed E-state index contributed by atoms with van der Waals surface area (Å²) < 4.78 is 11.9. The van der Waals surface area contributed by atoms with Crippen LogP contribution in [0.4, 0.5) is 0 Å². The Morgan fingerprint density at radius 3 is 2.70 bits per heavy atom. The standard InChI is InChI=1S/C17H17NO2/c1-2-4-13(5-3-1)10-19-15-7-6-14-9-17(11-18-12-17)20-16(14)8-15/h1-8,18H,9-12H2. The lowest BCUT2D eigenvalue weighted by atomic mass is 9.91. The van der Waals surface area contributed by atoms with Crippen LogP contribution in [-0.2, 0) is 13.0 Å². The van der Waals surface area contributed by atoms with E-state index in [0.717, 1.165) is 31.0 Å². The normalized spacial score (nSPS) is 18.2. The molecule has 0 atom stereocenters. The summed E-state index contributed by atoms with van der Waals surface area (Å²) in [6, 6.07) is 16.4. The van der Waals surface area contributed by atoms with Crippen LogP contribution in [0.1, 0.15) is 11.1 Å². The number of fused-ring (bicyclic) bond motifs is 1. The minimum absolute atomic E-state index is 0.0143. The Morgan fingerprint density at radius 2 is 1.95 bits per heavy atom. The van der Waals surface area contributed by atoms with E-state index in [4.69, 9.17) is 9.47 Å². The Bertz CT molecular complexity index is 620. The number of nitrogens with one attached hydrogen (secondary N) is 1. The average molecular weight is 267 g/mol. The number of benzene rings is 2. The van der Waals surface area contributed by atoms with Crippen LogP contribution in [0.5, 0.6) is 11.5 Å². The van der Waals surface area contributed by atoms with E-state index in [-0.39, 0.29) is 5.60 Å². The molecule has 0 amide bonds. The quantitative estimate of drug-likeness (QED) is 0.927. The maximum atomic E-state index is 6.08. The van der Waals surface area contributed by atoms with E-state index in [9.17, 15) is 0 Å². The Kier molecular flexibility index (Phi) is 2.67. The molecule has 0 unspecified atom stereocenters. The maximum Gasteiger partial charge on any atom is 0.138 e. The highest BCUT2D eigenvalue weighted by Crippen LogP contribution is 2.39. The molecule has 1 saturated heterocycles. The van der Waals surface area contributed by atoms with Crippen molar-refractivity contribution in [3.63, 3.8) is 0 Å². The van der Waals surface area contributed by atoms with Crippen LogP contribution in [0, 0.1) is 0 Å². The monoisotopic (exact) mass is 267 g/mol. The van der Waals surface area contributed by atoms with Crippen molar-refractivity contribution in [1.29, 1.82) is 0 Å². The predicted octanol–water partition coefficient (Wildman–Crippen LogP) is 2.54. The van der Waals surface area contributed by atoms with Gasteiger partial charge in [-0.25, -0.2) is 0 Å². The first-order valence-corrected chi connectivity index (χ1v) is 7.02. The van der Waals surface area contributed by atoms with Crippen molar-refractivity contribution < 1.29 is 9.47 Å². The molecule has 3 heteroatoms. The van der Waals surface area contributed by atoms with Crippen molar-refractivity contribution in [3.05, 3.63) is 59.7 Å². The number of hydrogen-bond donors (Lipinski definition) is 1. The summed E-state index contributed by atoms with van der Waals surface area (Å²) in [5, 5.41) is 3.28. The van der Waals surface area contributed by atoms with Gasteiger partial charge < -0.3 is 14.8 Å². The van der Waals surface area contributed by atoms with Gasteiger partial charge in [-0.15, -0.1) is 0 Å². The van der Waals surface area contributed by atoms with Crippen LogP contribution in [0.25, 0.3) is 0 Å². The van der Waals surface area contributed by atoms with Crippen LogP contribution in [0.2, 0.25) is 0 Å². The van der Waals surface area contributed by atoms with Crippen LogP contribution >= 0.6 is 0 Å². The van der Waals surface area contributed by atoms with Crippen molar-refractivity contribution in [1.82, 2.24) is 5.32 Å². The van der Waals surface area contributed by atoms with Crippen LogP contribution in [0.3, 0.4) is 0 Å². The SMILES string of the molecule is c1ccc(COc2ccc3c(c2)OC2(CNC2)C3)cc1. The van der Waals surface area contributed by atoms with E-state index in [2.05, 4.69) is 23.5 Å². The Balaban J connectivity index is 1.47. The summed E-state index contributed by atoms with van der Waals surface area (Å²) in [7, 11) is 0. The van der Waals surface area contributed by atoms with Gasteiger partial charge >= 0.3 is 0 Å². The zero-order valence-corrected chi connectivity index (χ0v) is 11.3. The molecule has 2 aromatic carbocycles. The molecule has 2 aliphatic heterocycles. The fourth-order valence-corrected chi connectivity index (χ4v) is 2.82. The predicted molar refractivity (Wildman–Crippen MR) is 77.1 cm³/mol. The van der Waals surface area contributed by atoms with E-state index in [1.165, 1.54) is 11.1 Å². The molecule has 0 aromatic heterocycles. The Hall–Kier alpha value is -2.00. The van der Waals surface area contributed by atoms with Gasteiger partial charge in [0.1, 0.15) is 23.7 Å². The second kappa shape index (κ2) is 4.53. The lowest BCUT2D eigenvalue weighted by Crippen LogP contribution is -2.62. The second-order valence-corrected chi connectivity index (χ2v) is 5.61. The fourth-order valence-electron chi connectivity index (χ4n) is 2.82. The molecule has 1 N–H and O–H groups in total. The van der Waals surface area contributed by atoms with Gasteiger partial charge in [0.15, 0.2) is 0 Å². The minimum atomic E-state index is 0.0143. The van der Waals surface area contributed by atoms with E-state index < -0.39 is 0 Å². The first-order chi connectivity index (χ1) is 9.83. The van der Waals surface area contributed by atoms with Gasteiger partial charge in [0.2, 0.25) is 0 Å². The highest BCUT2D eigenvalue weighted by Gasteiger charge is 2.44. The van der Waals surface area contributed by atoms with Gasteiger partial charge in [0.05, 0.1) is 0 Å². The molecule has 0 bridgehead atoms. The van der Waals surface area contributed by atoms with Crippen molar-refractivity contribution >= 4 is 0 Å². The highest BCUT2D eigenvalue weighted by molar-refractivity contribution is 5.45. The summed E-state index contributed by atoms with van der Waals surface area (Å²) in [5.74, 6) is 1.86. The molecule has 4 rings (SSSR count). The zero-order chi connectivity index (χ0) is 13.4. The van der Waals surface area contributed by atoms with E-state index in [1.54, 1.807) is 0 Å². The third kappa shape index (κ3) is 2.04. The summed E-state index contributed by atoms with van der Waals surface area (Å²) in [6.07, 6.45) is 1.01. The summed E-state index contributed by atoms with van der Waals surface area (Å²) in [4.78, 5) is 0. The molecule has 0 aliphatic carbocycles. The molecule has 0 saturated carbocycles. The maximum absolute atomic E-state index is 6.08. The first kappa shape index (κ1) is 11.8. The van der Waals surface area contributed by atoms with Crippen LogP contribution in [-0.4, -0.2) is 18.7 Å². The third-order valence-corrected chi connectivity index (χ3v) is 4.02. The average Bonchev–Trinajstić information content (AvgIpc) is 2.85. The van der Waals surface area contributed by atoms with Crippen LogP contribution in [0.15, 0.2) is 48.5 Å². The first-order valence-electron chi connectivity index (χ1n) is 7.02. The van der Waals surface area contributed by atoms with E-state index in [0.29, 0.717) is 6.61 Å². The van der Waals surface area contributed by atoms with Gasteiger partial charge in [0, 0.05) is 25.6 Å². The molecule has 2 aliphatic rings. The van der Waals surface area contributed by atoms with E-state index >= 15 is 0 Å². The van der Waals surface area contributed by atoms with Crippen molar-refractivity contribution in [2.75, 3.05) is 13.1 Å². The van der Waals surface area contributed by atoms with Gasteiger partial charge in [-0.05, 0) is 17.2 Å². The molecule has 2 heterocycles. The van der Waals surface area contributed by atoms with Gasteiger partial charge in [-0.2, -0.15) is 0 Å². The zero-order valence-electron chi connectivity index (χ0n) is 11.3. The Morgan fingerprint density at radius 1 is 1.10 bits per heavy atom.